The third-order valence-corrected chi connectivity index (χ3v) is 5.07. The quantitative estimate of drug-likeness (QED) is 0.618. The number of anilines is 1. The van der Waals surface area contributed by atoms with E-state index in [2.05, 4.69) is 15.6 Å². The summed E-state index contributed by atoms with van der Waals surface area (Å²) in [5.74, 6) is -0.216. The monoisotopic (exact) mass is 391 g/mol. The molecular weight excluding hydrogens is 370 g/mol. The van der Waals surface area contributed by atoms with E-state index in [1.165, 1.54) is 6.26 Å². The van der Waals surface area contributed by atoms with Gasteiger partial charge < -0.3 is 20.0 Å². The molecule has 0 saturated carbocycles. The highest BCUT2D eigenvalue weighted by Gasteiger charge is 2.26. The number of amides is 2. The van der Waals surface area contributed by atoms with E-state index in [0.29, 0.717) is 29.9 Å². The van der Waals surface area contributed by atoms with Crippen molar-refractivity contribution in [2.45, 2.75) is 32.7 Å². The zero-order chi connectivity index (χ0) is 20.4. The number of hydrogen-bond donors (Lipinski definition) is 3. The van der Waals surface area contributed by atoms with Gasteiger partial charge in [-0.25, -0.2) is 0 Å². The van der Waals surface area contributed by atoms with Crippen molar-refractivity contribution < 1.29 is 18.8 Å². The Morgan fingerprint density at radius 3 is 2.59 bits per heavy atom. The van der Waals surface area contributed by atoms with Crippen molar-refractivity contribution in [1.82, 2.24) is 10.3 Å². The van der Waals surface area contributed by atoms with Crippen LogP contribution in [0.3, 0.4) is 0 Å². The largest absolute Gasteiger partial charge is 0.459 e. The van der Waals surface area contributed by atoms with E-state index in [9.17, 15) is 14.4 Å². The summed E-state index contributed by atoms with van der Waals surface area (Å²) in [6.45, 7) is 2.15. The van der Waals surface area contributed by atoms with Gasteiger partial charge in [0.15, 0.2) is 11.5 Å². The molecule has 7 heteroatoms. The fourth-order valence-corrected chi connectivity index (χ4v) is 3.58. The number of hydrogen-bond acceptors (Lipinski definition) is 4. The van der Waals surface area contributed by atoms with Crippen molar-refractivity contribution in [3.63, 3.8) is 0 Å². The van der Waals surface area contributed by atoms with Gasteiger partial charge in [-0.15, -0.1) is 0 Å². The fraction of sp³-hybridized carbons (Fsp3) is 0.227. The second-order valence-electron chi connectivity index (χ2n) is 7.07. The van der Waals surface area contributed by atoms with Gasteiger partial charge in [-0.1, -0.05) is 12.1 Å². The fourth-order valence-electron chi connectivity index (χ4n) is 3.58. The number of carbonyl (C=O) groups excluding carboxylic acids is 3. The number of benzene rings is 1. The molecule has 2 aromatic heterocycles. The number of ketones is 1. The molecule has 0 bridgehead atoms. The number of Topliss-reactive ketones (excluding diaryl/α,β-unsaturated/α-hetero) is 1. The summed E-state index contributed by atoms with van der Waals surface area (Å²) in [6.07, 6.45) is 3.59. The minimum atomic E-state index is -0.322. The van der Waals surface area contributed by atoms with Crippen LogP contribution in [0.25, 0.3) is 0 Å². The zero-order valence-electron chi connectivity index (χ0n) is 16.0. The first-order valence-electron chi connectivity index (χ1n) is 9.49. The van der Waals surface area contributed by atoms with Crippen LogP contribution >= 0.6 is 0 Å². The second kappa shape index (κ2) is 7.79. The lowest BCUT2D eigenvalue weighted by Gasteiger charge is -2.09. The molecule has 0 atom stereocenters. The van der Waals surface area contributed by atoms with Crippen molar-refractivity contribution in [1.29, 1.82) is 0 Å². The number of furan rings is 1. The predicted molar refractivity (Wildman–Crippen MR) is 107 cm³/mol. The van der Waals surface area contributed by atoms with Crippen LogP contribution in [-0.4, -0.2) is 22.6 Å². The van der Waals surface area contributed by atoms with Crippen LogP contribution in [0.2, 0.25) is 0 Å². The lowest BCUT2D eigenvalue weighted by molar-refractivity contribution is 0.0944. The summed E-state index contributed by atoms with van der Waals surface area (Å²) in [4.78, 5) is 39.8. The average Bonchev–Trinajstić information content (AvgIpc) is 3.36. The average molecular weight is 391 g/mol. The highest BCUT2D eigenvalue weighted by molar-refractivity contribution is 6.04. The molecule has 3 N–H and O–H groups in total. The summed E-state index contributed by atoms with van der Waals surface area (Å²) < 4.78 is 5.06. The van der Waals surface area contributed by atoms with Crippen molar-refractivity contribution in [2.24, 2.45) is 0 Å². The lowest BCUT2D eigenvalue weighted by atomic mass is 9.94. The molecule has 148 valence electrons. The smallest absolute Gasteiger partial charge is 0.291 e. The SMILES string of the molecule is Cc1c(C(=O)NCc2ccc(NC(=O)c3ccco3)cc2)[nH]c2c1C(=O)CCC2. The third kappa shape index (κ3) is 3.85. The number of aromatic amines is 1. The molecule has 29 heavy (non-hydrogen) atoms. The summed E-state index contributed by atoms with van der Waals surface area (Å²) in [7, 11) is 0. The van der Waals surface area contributed by atoms with Gasteiger partial charge in [0.05, 0.1) is 6.26 Å². The Balaban J connectivity index is 1.37. The van der Waals surface area contributed by atoms with Gasteiger partial charge in [0, 0.05) is 29.9 Å². The molecule has 2 heterocycles. The Labute approximate surface area is 167 Å². The first-order chi connectivity index (χ1) is 14.0. The van der Waals surface area contributed by atoms with Crippen molar-refractivity contribution in [3.8, 4) is 0 Å². The molecule has 1 aromatic carbocycles. The summed E-state index contributed by atoms with van der Waals surface area (Å²) in [6, 6.07) is 10.4. The number of nitrogens with one attached hydrogen (secondary N) is 3. The minimum Gasteiger partial charge on any atom is -0.459 e. The zero-order valence-corrected chi connectivity index (χ0v) is 16.0. The molecule has 7 nitrogen and oxygen atoms in total. The summed E-state index contributed by atoms with van der Waals surface area (Å²) in [5, 5.41) is 5.62. The molecule has 0 fully saturated rings. The Kier molecular flexibility index (Phi) is 5.03. The Morgan fingerprint density at radius 2 is 1.90 bits per heavy atom. The lowest BCUT2D eigenvalue weighted by Crippen LogP contribution is -2.24. The predicted octanol–water partition coefficient (Wildman–Crippen LogP) is 3.62. The van der Waals surface area contributed by atoms with Gasteiger partial charge in [-0.05, 0) is 55.2 Å². The molecule has 1 aliphatic rings. The van der Waals surface area contributed by atoms with E-state index in [-0.39, 0.29) is 23.4 Å². The Morgan fingerprint density at radius 1 is 1.10 bits per heavy atom. The van der Waals surface area contributed by atoms with Gasteiger partial charge in [0.25, 0.3) is 11.8 Å². The third-order valence-electron chi connectivity index (χ3n) is 5.07. The Bertz CT molecular complexity index is 1060. The second-order valence-corrected chi connectivity index (χ2v) is 7.07. The Hall–Kier alpha value is -3.61. The van der Waals surface area contributed by atoms with Crippen LogP contribution in [0, 0.1) is 6.92 Å². The molecule has 0 unspecified atom stereocenters. The molecule has 4 rings (SSSR count). The molecule has 0 saturated heterocycles. The highest BCUT2D eigenvalue weighted by atomic mass is 16.3. The maximum atomic E-state index is 12.6. The van der Waals surface area contributed by atoms with Crippen LogP contribution in [0.1, 0.15) is 61.1 Å². The topological polar surface area (TPSA) is 104 Å². The van der Waals surface area contributed by atoms with E-state index in [1.54, 1.807) is 24.3 Å². The van der Waals surface area contributed by atoms with E-state index in [4.69, 9.17) is 4.42 Å². The van der Waals surface area contributed by atoms with E-state index in [0.717, 1.165) is 29.7 Å². The highest BCUT2D eigenvalue weighted by Crippen LogP contribution is 2.26. The number of rotatable bonds is 5. The first-order valence-corrected chi connectivity index (χ1v) is 9.49. The van der Waals surface area contributed by atoms with Crippen molar-refractivity contribution in [2.75, 3.05) is 5.32 Å². The minimum absolute atomic E-state index is 0.103. The van der Waals surface area contributed by atoms with E-state index >= 15 is 0 Å². The van der Waals surface area contributed by atoms with Crippen LogP contribution in [0.15, 0.2) is 47.1 Å². The maximum absolute atomic E-state index is 12.6. The summed E-state index contributed by atoms with van der Waals surface area (Å²) >= 11 is 0. The van der Waals surface area contributed by atoms with Gasteiger partial charge in [0.2, 0.25) is 0 Å². The number of carbonyl (C=O) groups is 3. The molecule has 3 aromatic rings. The van der Waals surface area contributed by atoms with Gasteiger partial charge in [0.1, 0.15) is 5.69 Å². The van der Waals surface area contributed by atoms with E-state index in [1.807, 2.05) is 19.1 Å². The molecule has 1 aliphatic carbocycles. The van der Waals surface area contributed by atoms with Crippen LogP contribution in [-0.2, 0) is 13.0 Å². The molecule has 0 aliphatic heterocycles. The van der Waals surface area contributed by atoms with Crippen LogP contribution in [0.4, 0.5) is 5.69 Å². The molecule has 2 amide bonds. The van der Waals surface area contributed by atoms with E-state index < -0.39 is 0 Å². The molecule has 0 radical (unpaired) electrons. The van der Waals surface area contributed by atoms with Gasteiger partial charge >= 0.3 is 0 Å². The molecular formula is C22H21N3O4. The van der Waals surface area contributed by atoms with Crippen LogP contribution in [0.5, 0.6) is 0 Å². The van der Waals surface area contributed by atoms with Crippen LogP contribution < -0.4 is 10.6 Å². The summed E-state index contributed by atoms with van der Waals surface area (Å²) in [5.41, 5.74) is 4.23. The first kappa shape index (κ1) is 18.7. The number of aromatic nitrogens is 1. The normalized spacial score (nSPS) is 13.1. The van der Waals surface area contributed by atoms with Gasteiger partial charge in [-0.3, -0.25) is 14.4 Å². The number of aryl methyl sites for hydroxylation is 1. The standard InChI is InChI=1S/C22H21N3O4/c1-13-19-16(4-2-5-17(19)26)25-20(13)22(28)23-12-14-7-9-15(10-8-14)24-21(27)18-6-3-11-29-18/h3,6-11,25H,2,4-5,12H2,1H3,(H,23,28)(H,24,27). The molecule has 0 spiro atoms. The number of H-pyrrole nitrogens is 1. The van der Waals surface area contributed by atoms with Crippen molar-refractivity contribution in [3.05, 3.63) is 76.5 Å². The maximum Gasteiger partial charge on any atom is 0.291 e. The van der Waals surface area contributed by atoms with Crippen molar-refractivity contribution >= 4 is 23.3 Å². The number of fused-ring (bicyclic) bond motifs is 1. The van der Waals surface area contributed by atoms with Gasteiger partial charge in [-0.2, -0.15) is 0 Å².